The molecule has 0 radical (unpaired) electrons. The second kappa shape index (κ2) is 8.23. The van der Waals surface area contributed by atoms with Gasteiger partial charge in [0.05, 0.1) is 20.4 Å². The van der Waals surface area contributed by atoms with Gasteiger partial charge in [0.15, 0.2) is 6.61 Å². The van der Waals surface area contributed by atoms with Crippen molar-refractivity contribution in [1.29, 1.82) is 0 Å². The number of rotatable bonds is 6. The maximum absolute atomic E-state index is 12.0. The Morgan fingerprint density at radius 2 is 1.85 bits per heavy atom. The van der Waals surface area contributed by atoms with Gasteiger partial charge in [-0.05, 0) is 18.6 Å². The summed E-state index contributed by atoms with van der Waals surface area (Å²) in [6.45, 7) is 0.806. The Labute approximate surface area is 157 Å². The highest BCUT2D eigenvalue weighted by atomic mass is 35.5. The molecule has 0 aliphatic rings. The number of hydrogen-bond acceptors (Lipinski definition) is 7. The SMILES string of the molecule is Cc1cccc([N+](=O)[O-])c1NC(=O)COC(=O)c1cc([N+](=O)[O-])ccc1Cl. The summed E-state index contributed by atoms with van der Waals surface area (Å²) in [6, 6.07) is 7.45. The molecule has 1 N–H and O–H groups in total. The van der Waals surface area contributed by atoms with Gasteiger partial charge in [0.25, 0.3) is 17.3 Å². The maximum Gasteiger partial charge on any atom is 0.340 e. The highest BCUT2D eigenvalue weighted by molar-refractivity contribution is 6.33. The Morgan fingerprint density at radius 1 is 1.15 bits per heavy atom. The number of esters is 1. The standard InChI is InChI=1S/C16H12ClN3O7/c1-9-3-2-4-13(20(25)26)15(9)18-14(21)8-27-16(22)11-7-10(19(23)24)5-6-12(11)17/h2-7H,8H2,1H3,(H,18,21). The first-order valence-corrected chi connectivity index (χ1v) is 7.73. The summed E-state index contributed by atoms with van der Waals surface area (Å²) >= 11 is 5.82. The number of benzene rings is 2. The second-order valence-electron chi connectivity index (χ2n) is 5.27. The van der Waals surface area contributed by atoms with E-state index in [-0.39, 0.29) is 27.6 Å². The number of hydrogen-bond donors (Lipinski definition) is 1. The van der Waals surface area contributed by atoms with E-state index in [4.69, 9.17) is 16.3 Å². The lowest BCUT2D eigenvalue weighted by molar-refractivity contribution is -0.384. The molecule has 0 saturated heterocycles. The van der Waals surface area contributed by atoms with E-state index in [0.717, 1.165) is 18.2 Å². The molecule has 2 rings (SSSR count). The Morgan fingerprint density at radius 3 is 2.48 bits per heavy atom. The van der Waals surface area contributed by atoms with E-state index in [2.05, 4.69) is 5.32 Å². The third-order valence-corrected chi connectivity index (χ3v) is 3.76. The van der Waals surface area contributed by atoms with E-state index in [9.17, 15) is 29.8 Å². The fraction of sp³-hybridized carbons (Fsp3) is 0.125. The molecule has 10 nitrogen and oxygen atoms in total. The molecule has 0 heterocycles. The quantitative estimate of drug-likeness (QED) is 0.450. The van der Waals surface area contributed by atoms with Gasteiger partial charge in [-0.3, -0.25) is 25.0 Å². The highest BCUT2D eigenvalue weighted by Crippen LogP contribution is 2.27. The fourth-order valence-electron chi connectivity index (χ4n) is 2.13. The molecule has 0 unspecified atom stereocenters. The Bertz CT molecular complexity index is 946. The van der Waals surface area contributed by atoms with Crippen molar-refractivity contribution in [1.82, 2.24) is 0 Å². The number of nitrogens with one attached hydrogen (secondary N) is 1. The number of nitro groups is 2. The third kappa shape index (κ3) is 4.76. The number of para-hydroxylation sites is 1. The van der Waals surface area contributed by atoms with E-state index in [1.807, 2.05) is 0 Å². The van der Waals surface area contributed by atoms with Gasteiger partial charge in [-0.2, -0.15) is 0 Å². The molecule has 0 aliphatic heterocycles. The van der Waals surface area contributed by atoms with Crippen molar-refractivity contribution in [2.24, 2.45) is 0 Å². The van der Waals surface area contributed by atoms with Gasteiger partial charge in [0, 0.05) is 18.2 Å². The minimum absolute atomic E-state index is 0.0167. The van der Waals surface area contributed by atoms with Crippen molar-refractivity contribution in [3.63, 3.8) is 0 Å². The Kier molecular flexibility index (Phi) is 6.03. The number of non-ortho nitro benzene ring substituents is 1. The summed E-state index contributed by atoms with van der Waals surface area (Å²) in [7, 11) is 0. The minimum Gasteiger partial charge on any atom is -0.452 e. The summed E-state index contributed by atoms with van der Waals surface area (Å²) in [6.07, 6.45) is 0. The number of carbonyl (C=O) groups excluding carboxylic acids is 2. The summed E-state index contributed by atoms with van der Waals surface area (Å²) in [5, 5.41) is 24.0. The lowest BCUT2D eigenvalue weighted by atomic mass is 10.1. The van der Waals surface area contributed by atoms with Crippen molar-refractivity contribution in [2.75, 3.05) is 11.9 Å². The summed E-state index contributed by atoms with van der Waals surface area (Å²) in [5.74, 6) is -1.86. The number of nitrogens with zero attached hydrogens (tertiary/aromatic N) is 2. The summed E-state index contributed by atoms with van der Waals surface area (Å²) in [5.41, 5.74) is -0.522. The molecule has 2 aromatic carbocycles. The molecule has 140 valence electrons. The molecule has 2 aromatic rings. The first-order valence-electron chi connectivity index (χ1n) is 7.35. The normalized spacial score (nSPS) is 10.1. The fourth-order valence-corrected chi connectivity index (χ4v) is 2.33. The van der Waals surface area contributed by atoms with Crippen LogP contribution < -0.4 is 5.32 Å². The van der Waals surface area contributed by atoms with Crippen LogP contribution in [0.2, 0.25) is 5.02 Å². The van der Waals surface area contributed by atoms with Crippen molar-refractivity contribution < 1.29 is 24.2 Å². The predicted molar refractivity (Wildman–Crippen MR) is 94.9 cm³/mol. The number of halogens is 1. The van der Waals surface area contributed by atoms with Gasteiger partial charge in [0.1, 0.15) is 5.69 Å². The van der Waals surface area contributed by atoms with Gasteiger partial charge in [0.2, 0.25) is 0 Å². The van der Waals surface area contributed by atoms with Crippen LogP contribution in [0, 0.1) is 27.2 Å². The molecule has 0 aromatic heterocycles. The van der Waals surface area contributed by atoms with Crippen LogP contribution >= 0.6 is 11.6 Å². The van der Waals surface area contributed by atoms with Crippen molar-refractivity contribution >= 4 is 40.5 Å². The zero-order valence-corrected chi connectivity index (χ0v) is 14.6. The number of ether oxygens (including phenoxy) is 1. The number of carbonyl (C=O) groups is 2. The van der Waals surface area contributed by atoms with Crippen LogP contribution in [0.15, 0.2) is 36.4 Å². The van der Waals surface area contributed by atoms with Crippen LogP contribution in [0.1, 0.15) is 15.9 Å². The zero-order chi connectivity index (χ0) is 20.1. The minimum atomic E-state index is -1.04. The van der Waals surface area contributed by atoms with Gasteiger partial charge < -0.3 is 10.1 Å². The van der Waals surface area contributed by atoms with Gasteiger partial charge >= 0.3 is 5.97 Å². The van der Waals surface area contributed by atoms with Crippen molar-refractivity contribution in [3.8, 4) is 0 Å². The largest absolute Gasteiger partial charge is 0.452 e. The van der Waals surface area contributed by atoms with Crippen molar-refractivity contribution in [2.45, 2.75) is 6.92 Å². The van der Waals surface area contributed by atoms with Crippen molar-refractivity contribution in [3.05, 3.63) is 72.8 Å². The molecular formula is C16H12ClN3O7. The van der Waals surface area contributed by atoms with Gasteiger partial charge in [-0.15, -0.1) is 0 Å². The highest BCUT2D eigenvalue weighted by Gasteiger charge is 2.20. The Hall–Kier alpha value is -3.53. The van der Waals surface area contributed by atoms with Crippen LogP contribution in [-0.2, 0) is 9.53 Å². The molecule has 0 bridgehead atoms. The number of nitro benzene ring substituents is 2. The number of amides is 1. The molecule has 0 spiro atoms. The first-order chi connectivity index (χ1) is 12.7. The first kappa shape index (κ1) is 19.8. The average Bonchev–Trinajstić information content (AvgIpc) is 2.61. The van der Waals surface area contributed by atoms with E-state index in [1.54, 1.807) is 13.0 Å². The molecule has 27 heavy (non-hydrogen) atoms. The molecule has 1 amide bonds. The van der Waals surface area contributed by atoms with Gasteiger partial charge in [-0.1, -0.05) is 23.7 Å². The number of anilines is 1. The smallest absolute Gasteiger partial charge is 0.340 e. The lowest BCUT2D eigenvalue weighted by Crippen LogP contribution is -2.22. The molecular weight excluding hydrogens is 382 g/mol. The van der Waals surface area contributed by atoms with Crippen LogP contribution in [0.5, 0.6) is 0 Å². The van der Waals surface area contributed by atoms with E-state index >= 15 is 0 Å². The van der Waals surface area contributed by atoms with E-state index in [0.29, 0.717) is 5.56 Å². The third-order valence-electron chi connectivity index (χ3n) is 3.43. The van der Waals surface area contributed by atoms with E-state index < -0.39 is 28.3 Å². The van der Waals surface area contributed by atoms with Crippen LogP contribution in [0.4, 0.5) is 17.1 Å². The molecule has 11 heteroatoms. The predicted octanol–water partition coefficient (Wildman–Crippen LogP) is 3.26. The monoisotopic (exact) mass is 393 g/mol. The molecule has 0 saturated carbocycles. The average molecular weight is 394 g/mol. The molecule has 0 fully saturated rings. The topological polar surface area (TPSA) is 142 Å². The molecule has 0 atom stereocenters. The number of aryl methyl sites for hydroxylation is 1. The van der Waals surface area contributed by atoms with Crippen LogP contribution in [0.25, 0.3) is 0 Å². The second-order valence-corrected chi connectivity index (χ2v) is 5.68. The van der Waals surface area contributed by atoms with Gasteiger partial charge in [-0.25, -0.2) is 4.79 Å². The van der Waals surface area contributed by atoms with Crippen LogP contribution in [0.3, 0.4) is 0 Å². The summed E-state index contributed by atoms with van der Waals surface area (Å²) in [4.78, 5) is 44.4. The maximum atomic E-state index is 12.0. The van der Waals surface area contributed by atoms with E-state index in [1.165, 1.54) is 12.1 Å². The Balaban J connectivity index is 2.09. The van der Waals surface area contributed by atoms with Crippen LogP contribution in [-0.4, -0.2) is 28.3 Å². The molecule has 0 aliphatic carbocycles. The lowest BCUT2D eigenvalue weighted by Gasteiger charge is -2.10. The summed E-state index contributed by atoms with van der Waals surface area (Å²) < 4.78 is 4.79. The zero-order valence-electron chi connectivity index (χ0n) is 13.8.